The first-order valence-electron chi connectivity index (χ1n) is 10.8. The minimum absolute atomic E-state index is 0.193. The highest BCUT2D eigenvalue weighted by Gasteiger charge is 2.31. The van der Waals surface area contributed by atoms with Crippen molar-refractivity contribution in [2.45, 2.75) is 40.8 Å². The molecule has 0 atom stereocenters. The molecule has 4 heterocycles. The van der Waals surface area contributed by atoms with Crippen LogP contribution in [0.5, 0.6) is 5.75 Å². The lowest BCUT2D eigenvalue weighted by atomic mass is 10.1. The number of carbonyl (C=O) groups excluding carboxylic acids is 1. The van der Waals surface area contributed by atoms with E-state index in [1.807, 2.05) is 49.0 Å². The van der Waals surface area contributed by atoms with Gasteiger partial charge in [-0.25, -0.2) is 9.97 Å². The number of aryl methyl sites for hydroxylation is 3. The lowest BCUT2D eigenvalue weighted by molar-refractivity contribution is 0.0710. The molecule has 0 saturated carbocycles. The fourth-order valence-corrected chi connectivity index (χ4v) is 4.48. The molecule has 0 radical (unpaired) electrons. The van der Waals surface area contributed by atoms with Crippen LogP contribution in [-0.4, -0.2) is 53.8 Å². The number of benzene rings is 1. The van der Waals surface area contributed by atoms with Crippen LogP contribution in [0.25, 0.3) is 16.9 Å². The summed E-state index contributed by atoms with van der Waals surface area (Å²) in [5, 5.41) is 8.08. The van der Waals surface area contributed by atoms with Crippen molar-refractivity contribution < 1.29 is 9.53 Å². The molecule has 1 aliphatic heterocycles. The van der Waals surface area contributed by atoms with Crippen LogP contribution >= 0.6 is 0 Å². The van der Waals surface area contributed by atoms with Gasteiger partial charge in [0, 0.05) is 18.7 Å². The van der Waals surface area contributed by atoms with Crippen molar-refractivity contribution >= 4 is 22.9 Å². The van der Waals surface area contributed by atoms with E-state index in [4.69, 9.17) is 20.4 Å². The van der Waals surface area contributed by atoms with Gasteiger partial charge in [0.2, 0.25) is 0 Å². The van der Waals surface area contributed by atoms with Gasteiger partial charge in [0.05, 0.1) is 30.7 Å². The number of nitrogen functional groups attached to an aromatic ring is 1. The Hall–Kier alpha value is -3.95. The van der Waals surface area contributed by atoms with Crippen LogP contribution in [0.15, 0.2) is 18.5 Å². The van der Waals surface area contributed by atoms with Gasteiger partial charge in [-0.05, 0) is 39.3 Å². The third kappa shape index (κ3) is 3.12. The molecule has 10 heteroatoms. The summed E-state index contributed by atoms with van der Waals surface area (Å²) in [6, 6.07) is 3.90. The van der Waals surface area contributed by atoms with Gasteiger partial charge in [-0.1, -0.05) is 6.07 Å². The number of methoxy groups -OCH3 is 1. The second-order valence-corrected chi connectivity index (χ2v) is 8.39. The number of carbonyl (C=O) groups is 1. The van der Waals surface area contributed by atoms with Gasteiger partial charge in [-0.15, -0.1) is 10.2 Å². The molecular formula is C23H26N8O2. The molecule has 170 valence electrons. The molecule has 0 saturated heterocycles. The van der Waals surface area contributed by atoms with Gasteiger partial charge in [-0.2, -0.15) is 0 Å². The van der Waals surface area contributed by atoms with E-state index in [9.17, 15) is 4.79 Å². The normalized spacial score (nSPS) is 13.4. The smallest absolute Gasteiger partial charge is 0.260 e. The fourth-order valence-electron chi connectivity index (χ4n) is 4.48. The van der Waals surface area contributed by atoms with Gasteiger partial charge in [-0.3, -0.25) is 9.36 Å². The lowest BCUT2D eigenvalue weighted by Gasteiger charge is -2.27. The van der Waals surface area contributed by atoms with Crippen molar-refractivity contribution in [1.29, 1.82) is 0 Å². The average molecular weight is 447 g/mol. The zero-order valence-corrected chi connectivity index (χ0v) is 19.4. The Kier molecular flexibility index (Phi) is 4.80. The quantitative estimate of drug-likeness (QED) is 0.514. The molecule has 2 N–H and O–H groups in total. The summed E-state index contributed by atoms with van der Waals surface area (Å²) >= 11 is 0. The molecule has 3 aromatic heterocycles. The summed E-state index contributed by atoms with van der Waals surface area (Å²) in [5.74, 6) is 1.60. The Balaban J connectivity index is 1.75. The van der Waals surface area contributed by atoms with Crippen molar-refractivity contribution in [1.82, 2.24) is 34.2 Å². The predicted molar refractivity (Wildman–Crippen MR) is 124 cm³/mol. The van der Waals surface area contributed by atoms with Crippen LogP contribution < -0.4 is 10.5 Å². The second-order valence-electron chi connectivity index (χ2n) is 8.39. The lowest BCUT2D eigenvalue weighted by Crippen LogP contribution is -2.38. The highest BCUT2D eigenvalue weighted by molar-refractivity contribution is 6.10. The summed E-state index contributed by atoms with van der Waals surface area (Å²) < 4.78 is 9.34. The minimum atomic E-state index is -0.193. The van der Waals surface area contributed by atoms with E-state index in [1.54, 1.807) is 18.3 Å². The number of ether oxygens (including phenoxy) is 1. The van der Waals surface area contributed by atoms with Crippen LogP contribution in [0.4, 0.5) is 5.82 Å². The number of fused-ring (bicyclic) bond motifs is 2. The van der Waals surface area contributed by atoms with E-state index in [2.05, 4.69) is 10.2 Å². The Morgan fingerprint density at radius 1 is 1.09 bits per heavy atom. The highest BCUT2D eigenvalue weighted by atomic mass is 16.5. The van der Waals surface area contributed by atoms with E-state index in [1.165, 1.54) is 0 Å². The van der Waals surface area contributed by atoms with E-state index >= 15 is 0 Å². The molecule has 1 aromatic carbocycles. The number of rotatable bonds is 3. The average Bonchev–Trinajstić information content (AvgIpc) is 3.36. The Labute approximate surface area is 191 Å². The van der Waals surface area contributed by atoms with Crippen LogP contribution in [0.1, 0.15) is 38.7 Å². The number of anilines is 1. The monoisotopic (exact) mass is 446 g/mol. The Morgan fingerprint density at radius 3 is 2.61 bits per heavy atom. The molecule has 1 amide bonds. The van der Waals surface area contributed by atoms with Crippen molar-refractivity contribution in [2.24, 2.45) is 0 Å². The Bertz CT molecular complexity index is 1420. The molecule has 0 spiro atoms. The zero-order chi connectivity index (χ0) is 23.4. The maximum atomic E-state index is 13.8. The maximum Gasteiger partial charge on any atom is 0.260 e. The molecule has 0 bridgehead atoms. The topological polar surface area (TPSA) is 117 Å². The largest absolute Gasteiger partial charge is 0.496 e. The molecule has 5 rings (SSSR count). The van der Waals surface area contributed by atoms with Gasteiger partial charge in [0.15, 0.2) is 11.5 Å². The number of amides is 1. The number of nitrogens with two attached hydrogens (primary N) is 1. The summed E-state index contributed by atoms with van der Waals surface area (Å²) in [7, 11) is 1.63. The minimum Gasteiger partial charge on any atom is -0.496 e. The standard InChI is InChI=1S/C23H26N8O2/c1-12-6-7-16(33-5)13(2)20(12)31-21(24)18(19-22(31)27-15(4)14(3)26-19)23(32)29-8-9-30-11-25-28-17(30)10-29/h6-7,11H,8-10,24H2,1-5H3. The van der Waals surface area contributed by atoms with E-state index in [0.717, 1.165) is 39.8 Å². The predicted octanol–water partition coefficient (Wildman–Crippen LogP) is 2.49. The first-order chi connectivity index (χ1) is 15.8. The summed E-state index contributed by atoms with van der Waals surface area (Å²) in [6.45, 7) is 9.28. The number of hydrogen-bond acceptors (Lipinski definition) is 7. The summed E-state index contributed by atoms with van der Waals surface area (Å²) in [4.78, 5) is 25.1. The van der Waals surface area contributed by atoms with Gasteiger partial charge in [0.25, 0.3) is 5.91 Å². The van der Waals surface area contributed by atoms with Gasteiger partial charge in [0.1, 0.15) is 29.0 Å². The summed E-state index contributed by atoms with van der Waals surface area (Å²) in [6.07, 6.45) is 1.68. The molecule has 4 aromatic rings. The molecular weight excluding hydrogens is 420 g/mol. The molecule has 0 fully saturated rings. The summed E-state index contributed by atoms with van der Waals surface area (Å²) in [5.41, 5.74) is 12.4. The van der Waals surface area contributed by atoms with Gasteiger partial charge >= 0.3 is 0 Å². The van der Waals surface area contributed by atoms with Crippen molar-refractivity contribution in [3.8, 4) is 11.4 Å². The number of hydrogen-bond donors (Lipinski definition) is 1. The third-order valence-corrected chi connectivity index (χ3v) is 6.40. The van der Waals surface area contributed by atoms with E-state index < -0.39 is 0 Å². The first-order valence-corrected chi connectivity index (χ1v) is 10.8. The number of aromatic nitrogens is 6. The fraction of sp³-hybridized carbons (Fsp3) is 0.348. The van der Waals surface area contributed by atoms with Crippen LogP contribution in [0, 0.1) is 27.7 Å². The van der Waals surface area contributed by atoms with Crippen molar-refractivity contribution in [3.63, 3.8) is 0 Å². The molecule has 33 heavy (non-hydrogen) atoms. The Morgan fingerprint density at radius 2 is 1.85 bits per heavy atom. The second kappa shape index (κ2) is 7.58. The van der Waals surface area contributed by atoms with Crippen molar-refractivity contribution in [2.75, 3.05) is 19.4 Å². The molecule has 0 unspecified atom stereocenters. The molecule has 10 nitrogen and oxygen atoms in total. The molecule has 0 aliphatic carbocycles. The first kappa shape index (κ1) is 20.9. The van der Waals surface area contributed by atoms with E-state index in [0.29, 0.717) is 42.2 Å². The zero-order valence-electron chi connectivity index (χ0n) is 19.4. The van der Waals surface area contributed by atoms with E-state index in [-0.39, 0.29) is 5.91 Å². The van der Waals surface area contributed by atoms with Crippen LogP contribution in [0.3, 0.4) is 0 Å². The maximum absolute atomic E-state index is 13.8. The van der Waals surface area contributed by atoms with Crippen LogP contribution in [-0.2, 0) is 13.1 Å². The third-order valence-electron chi connectivity index (χ3n) is 6.40. The number of nitrogens with zero attached hydrogens (tertiary/aromatic N) is 7. The highest BCUT2D eigenvalue weighted by Crippen LogP contribution is 2.36. The van der Waals surface area contributed by atoms with Crippen LogP contribution in [0.2, 0.25) is 0 Å². The molecule has 1 aliphatic rings. The SMILES string of the molecule is COc1ccc(C)c(-n2c(N)c(C(=O)N3CCn4cnnc4C3)c3nc(C)c(C)nc32)c1C. The van der Waals surface area contributed by atoms with Crippen molar-refractivity contribution in [3.05, 3.63) is 52.4 Å². The van der Waals surface area contributed by atoms with Gasteiger partial charge < -0.3 is 19.9 Å².